The van der Waals surface area contributed by atoms with Crippen molar-refractivity contribution < 1.29 is 18.3 Å². The van der Waals surface area contributed by atoms with Gasteiger partial charge in [-0.25, -0.2) is 8.42 Å². The number of aliphatic hydroxyl groups is 1. The van der Waals surface area contributed by atoms with Gasteiger partial charge in [0.2, 0.25) is 0 Å². The molecule has 1 aliphatic rings. The summed E-state index contributed by atoms with van der Waals surface area (Å²) in [5.41, 5.74) is 0.936. The molecular weight excluding hydrogens is 436 g/mol. The number of hydrogen-bond donors (Lipinski definition) is 2. The first-order valence-electron chi connectivity index (χ1n) is 10.6. The van der Waals surface area contributed by atoms with Crippen molar-refractivity contribution in [1.29, 1.82) is 0 Å². The van der Waals surface area contributed by atoms with Gasteiger partial charge in [-0.2, -0.15) is 0 Å². The van der Waals surface area contributed by atoms with E-state index >= 15 is 0 Å². The Morgan fingerprint density at radius 3 is 2.32 bits per heavy atom. The van der Waals surface area contributed by atoms with Crippen molar-refractivity contribution in [2.45, 2.75) is 56.6 Å². The Kier molecular flexibility index (Phi) is 7.62. The summed E-state index contributed by atoms with van der Waals surface area (Å²) < 4.78 is 28.8. The highest BCUT2D eigenvalue weighted by Crippen LogP contribution is 2.36. The van der Waals surface area contributed by atoms with Gasteiger partial charge in [-0.1, -0.05) is 31.4 Å². The lowest BCUT2D eigenvalue weighted by molar-refractivity contribution is 0.0924. The summed E-state index contributed by atoms with van der Waals surface area (Å²) in [6, 6.07) is 12.6. The second kappa shape index (κ2) is 10.0. The zero-order valence-electron chi connectivity index (χ0n) is 17.8. The van der Waals surface area contributed by atoms with E-state index in [-0.39, 0.29) is 29.3 Å². The first-order valence-corrected chi connectivity index (χ1v) is 12.4. The molecule has 1 saturated carbocycles. The average molecular weight is 465 g/mol. The van der Waals surface area contributed by atoms with Gasteiger partial charge in [0.25, 0.3) is 15.9 Å². The van der Waals surface area contributed by atoms with Crippen molar-refractivity contribution in [3.05, 3.63) is 59.1 Å². The van der Waals surface area contributed by atoms with Crippen LogP contribution in [0.4, 0.5) is 5.69 Å². The predicted molar refractivity (Wildman–Crippen MR) is 123 cm³/mol. The summed E-state index contributed by atoms with van der Waals surface area (Å²) >= 11 is 5.96. The minimum absolute atomic E-state index is 0.150. The first kappa shape index (κ1) is 23.6. The Morgan fingerprint density at radius 2 is 1.74 bits per heavy atom. The van der Waals surface area contributed by atoms with Gasteiger partial charge >= 0.3 is 0 Å². The van der Waals surface area contributed by atoms with Crippen LogP contribution in [0.15, 0.2) is 53.4 Å². The zero-order chi connectivity index (χ0) is 22.6. The van der Waals surface area contributed by atoms with Crippen LogP contribution in [0.2, 0.25) is 5.02 Å². The number of anilines is 1. The second-order valence-electron chi connectivity index (χ2n) is 8.19. The Balaban J connectivity index is 1.97. The van der Waals surface area contributed by atoms with Crippen molar-refractivity contribution in [2.75, 3.05) is 10.8 Å². The third-order valence-electron chi connectivity index (χ3n) is 5.68. The first-order chi connectivity index (χ1) is 14.7. The maximum absolute atomic E-state index is 13.7. The van der Waals surface area contributed by atoms with Gasteiger partial charge in [0.1, 0.15) is 0 Å². The van der Waals surface area contributed by atoms with E-state index in [1.165, 1.54) is 16.4 Å². The molecule has 3 unspecified atom stereocenters. The molecule has 6 nitrogen and oxygen atoms in total. The van der Waals surface area contributed by atoms with Gasteiger partial charge < -0.3 is 10.4 Å². The topological polar surface area (TPSA) is 86.7 Å². The number of hydrogen-bond acceptors (Lipinski definition) is 4. The van der Waals surface area contributed by atoms with Crippen molar-refractivity contribution in [3.63, 3.8) is 0 Å². The summed E-state index contributed by atoms with van der Waals surface area (Å²) in [7, 11) is -3.82. The lowest BCUT2D eigenvalue weighted by atomic mass is 9.86. The Labute approximate surface area is 189 Å². The number of halogens is 1. The van der Waals surface area contributed by atoms with E-state index < -0.39 is 16.1 Å². The molecule has 0 spiro atoms. The Bertz CT molecular complexity index is 991. The summed E-state index contributed by atoms with van der Waals surface area (Å²) in [4.78, 5) is 12.5. The molecule has 3 rings (SSSR count). The van der Waals surface area contributed by atoms with Gasteiger partial charge in [-0.15, -0.1) is 0 Å². The van der Waals surface area contributed by atoms with Crippen LogP contribution in [-0.2, 0) is 10.0 Å². The van der Waals surface area contributed by atoms with E-state index in [4.69, 9.17) is 11.6 Å². The number of rotatable bonds is 7. The molecule has 0 aromatic heterocycles. The van der Waals surface area contributed by atoms with Crippen LogP contribution < -0.4 is 9.62 Å². The lowest BCUT2D eigenvalue weighted by Gasteiger charge is -2.39. The normalized spacial score (nSPS) is 20.1. The number of carbonyl (C=O) groups excluding carboxylic acids is 1. The Hall–Kier alpha value is -2.09. The molecule has 2 aromatic rings. The Morgan fingerprint density at radius 1 is 1.13 bits per heavy atom. The van der Waals surface area contributed by atoms with Crippen LogP contribution in [0.25, 0.3) is 0 Å². The van der Waals surface area contributed by atoms with E-state index in [0.717, 1.165) is 25.7 Å². The van der Waals surface area contributed by atoms with Gasteiger partial charge in [0, 0.05) is 23.2 Å². The number of nitrogens with zero attached hydrogens (tertiary/aromatic N) is 1. The van der Waals surface area contributed by atoms with E-state index in [1.807, 2.05) is 0 Å². The van der Waals surface area contributed by atoms with Gasteiger partial charge in [0.05, 0.1) is 16.7 Å². The second-order valence-corrected chi connectivity index (χ2v) is 10.4. The summed E-state index contributed by atoms with van der Waals surface area (Å²) in [5, 5.41) is 12.5. The van der Waals surface area contributed by atoms with Crippen molar-refractivity contribution >= 4 is 33.2 Å². The SMILES string of the molecule is CC(O)CNC(=O)c1ccc(N(C2CCCCC2C)S(=O)(=O)c2ccc(Cl)cc2)cc1. The van der Waals surface area contributed by atoms with E-state index in [9.17, 15) is 18.3 Å². The average Bonchev–Trinajstić information content (AvgIpc) is 2.74. The summed E-state index contributed by atoms with van der Waals surface area (Å²) in [5.74, 6) is -0.101. The predicted octanol–water partition coefficient (Wildman–Crippen LogP) is 4.22. The quantitative estimate of drug-likeness (QED) is 0.642. The van der Waals surface area contributed by atoms with Crippen LogP contribution in [-0.4, -0.2) is 38.1 Å². The highest BCUT2D eigenvalue weighted by atomic mass is 35.5. The molecule has 0 heterocycles. The highest BCUT2D eigenvalue weighted by Gasteiger charge is 2.36. The van der Waals surface area contributed by atoms with E-state index in [1.54, 1.807) is 43.3 Å². The van der Waals surface area contributed by atoms with Gasteiger partial charge in [0.15, 0.2) is 0 Å². The molecular formula is C23H29ClN2O4S. The standard InChI is InChI=1S/C23H29ClN2O4S/c1-16-5-3-4-6-22(16)26(31(29,30)21-13-9-19(24)10-14-21)20-11-7-18(8-12-20)23(28)25-15-17(2)27/h7-14,16-17,22,27H,3-6,15H2,1-2H3,(H,25,28). The third-order valence-corrected chi connectivity index (χ3v) is 7.80. The number of carbonyl (C=O) groups is 1. The molecule has 1 aliphatic carbocycles. The molecule has 1 amide bonds. The summed E-state index contributed by atoms with van der Waals surface area (Å²) in [6.45, 7) is 3.83. The molecule has 2 aromatic carbocycles. The number of amides is 1. The summed E-state index contributed by atoms with van der Waals surface area (Å²) in [6.07, 6.45) is 3.18. The molecule has 0 aliphatic heterocycles. The van der Waals surface area contributed by atoms with Gasteiger partial charge in [-0.05, 0) is 74.2 Å². The molecule has 0 saturated heterocycles. The van der Waals surface area contributed by atoms with Crippen LogP contribution in [0.1, 0.15) is 49.9 Å². The maximum Gasteiger partial charge on any atom is 0.264 e. The molecule has 168 valence electrons. The van der Waals surface area contributed by atoms with E-state index in [0.29, 0.717) is 16.3 Å². The number of benzene rings is 2. The molecule has 8 heteroatoms. The van der Waals surface area contributed by atoms with Crippen LogP contribution in [0.3, 0.4) is 0 Å². The maximum atomic E-state index is 13.7. The third kappa shape index (κ3) is 5.59. The highest BCUT2D eigenvalue weighted by molar-refractivity contribution is 7.92. The minimum Gasteiger partial charge on any atom is -0.392 e. The van der Waals surface area contributed by atoms with E-state index in [2.05, 4.69) is 12.2 Å². The van der Waals surface area contributed by atoms with Crippen molar-refractivity contribution in [2.24, 2.45) is 5.92 Å². The fourth-order valence-corrected chi connectivity index (χ4v) is 5.88. The molecule has 0 radical (unpaired) electrons. The van der Waals surface area contributed by atoms with Crippen molar-refractivity contribution in [3.8, 4) is 0 Å². The lowest BCUT2D eigenvalue weighted by Crippen LogP contribution is -2.45. The number of nitrogens with one attached hydrogen (secondary N) is 1. The molecule has 3 atom stereocenters. The van der Waals surface area contributed by atoms with Crippen LogP contribution in [0, 0.1) is 5.92 Å². The molecule has 31 heavy (non-hydrogen) atoms. The van der Waals surface area contributed by atoms with Crippen molar-refractivity contribution in [1.82, 2.24) is 5.32 Å². The van der Waals surface area contributed by atoms with Crippen LogP contribution >= 0.6 is 11.6 Å². The molecule has 0 bridgehead atoms. The number of sulfonamides is 1. The fraction of sp³-hybridized carbons (Fsp3) is 0.435. The zero-order valence-corrected chi connectivity index (χ0v) is 19.4. The monoisotopic (exact) mass is 464 g/mol. The van der Waals surface area contributed by atoms with Crippen LogP contribution in [0.5, 0.6) is 0 Å². The minimum atomic E-state index is -3.82. The van der Waals surface area contributed by atoms with Gasteiger partial charge in [-0.3, -0.25) is 9.10 Å². The smallest absolute Gasteiger partial charge is 0.264 e. The fourth-order valence-electron chi connectivity index (χ4n) is 3.98. The number of aliphatic hydroxyl groups excluding tert-OH is 1. The molecule has 1 fully saturated rings. The molecule has 2 N–H and O–H groups in total. The largest absolute Gasteiger partial charge is 0.392 e.